The van der Waals surface area contributed by atoms with Crippen molar-refractivity contribution in [1.82, 2.24) is 4.72 Å². The fourth-order valence-corrected chi connectivity index (χ4v) is 4.71. The molecule has 0 atom stereocenters. The maximum atomic E-state index is 13.4. The Morgan fingerprint density at radius 3 is 2.73 bits per heavy atom. The summed E-state index contributed by atoms with van der Waals surface area (Å²) in [6, 6.07) is 7.45. The van der Waals surface area contributed by atoms with E-state index in [1.807, 2.05) is 17.5 Å². The Labute approximate surface area is 133 Å². The lowest BCUT2D eigenvalue weighted by Crippen LogP contribution is -2.32. The van der Waals surface area contributed by atoms with Crippen molar-refractivity contribution >= 4 is 21.4 Å². The molecule has 0 amide bonds. The van der Waals surface area contributed by atoms with E-state index >= 15 is 0 Å². The van der Waals surface area contributed by atoms with Gasteiger partial charge in [-0.1, -0.05) is 6.07 Å². The van der Waals surface area contributed by atoms with Crippen molar-refractivity contribution in [2.75, 3.05) is 13.7 Å². The van der Waals surface area contributed by atoms with Crippen LogP contribution in [0.3, 0.4) is 0 Å². The molecule has 2 aromatic rings. The van der Waals surface area contributed by atoms with Gasteiger partial charge >= 0.3 is 0 Å². The molecular weight excluding hydrogens is 325 g/mol. The van der Waals surface area contributed by atoms with Gasteiger partial charge in [0.2, 0.25) is 10.0 Å². The monoisotopic (exact) mass is 341 g/mol. The smallest absolute Gasteiger partial charge is 0.244 e. The van der Waals surface area contributed by atoms with Crippen LogP contribution in [0.25, 0.3) is 0 Å². The SMILES string of the molecule is COc1ccc(F)cc1S(=O)(=O)NCC1(c2cccs2)CC1. The van der Waals surface area contributed by atoms with Gasteiger partial charge in [-0.15, -0.1) is 11.3 Å². The molecule has 7 heteroatoms. The van der Waals surface area contributed by atoms with Gasteiger partial charge in [-0.2, -0.15) is 0 Å². The van der Waals surface area contributed by atoms with Crippen molar-refractivity contribution < 1.29 is 17.5 Å². The van der Waals surface area contributed by atoms with Crippen molar-refractivity contribution in [3.8, 4) is 5.75 Å². The number of hydrogen-bond acceptors (Lipinski definition) is 4. The first-order valence-corrected chi connectivity index (χ1v) is 9.20. The van der Waals surface area contributed by atoms with E-state index in [1.54, 1.807) is 11.3 Å². The topological polar surface area (TPSA) is 55.4 Å². The number of nitrogens with one attached hydrogen (secondary N) is 1. The lowest BCUT2D eigenvalue weighted by atomic mass is 10.1. The summed E-state index contributed by atoms with van der Waals surface area (Å²) in [6.45, 7) is 0.315. The Bertz CT molecular complexity index is 768. The highest BCUT2D eigenvalue weighted by Crippen LogP contribution is 2.49. The molecule has 1 aliphatic carbocycles. The summed E-state index contributed by atoms with van der Waals surface area (Å²) >= 11 is 1.63. The molecule has 0 radical (unpaired) electrons. The predicted octanol–water partition coefficient (Wildman–Crippen LogP) is 2.91. The standard InChI is InChI=1S/C15H16FNO3S2/c1-20-12-5-4-11(16)9-13(12)22(18,19)17-10-15(6-7-15)14-3-2-8-21-14/h2-5,8-9,17H,6-7,10H2,1H3. The van der Waals surface area contributed by atoms with Crippen molar-refractivity contribution in [1.29, 1.82) is 0 Å². The van der Waals surface area contributed by atoms with E-state index in [2.05, 4.69) is 4.72 Å². The van der Waals surface area contributed by atoms with Crippen molar-refractivity contribution in [2.24, 2.45) is 0 Å². The molecule has 1 saturated carbocycles. The minimum absolute atomic E-state index is 0.109. The Kier molecular flexibility index (Phi) is 3.96. The average molecular weight is 341 g/mol. The van der Waals surface area contributed by atoms with Crippen LogP contribution in [0.5, 0.6) is 5.75 Å². The molecule has 4 nitrogen and oxygen atoms in total. The first-order chi connectivity index (χ1) is 10.5. The predicted molar refractivity (Wildman–Crippen MR) is 83.4 cm³/mol. The molecule has 0 bridgehead atoms. The number of hydrogen-bond donors (Lipinski definition) is 1. The van der Waals surface area contributed by atoms with Gasteiger partial charge in [0.05, 0.1) is 7.11 Å². The lowest BCUT2D eigenvalue weighted by molar-refractivity contribution is 0.400. The summed E-state index contributed by atoms with van der Waals surface area (Å²) in [5, 5.41) is 1.99. The molecule has 0 saturated heterocycles. The zero-order valence-corrected chi connectivity index (χ0v) is 13.6. The lowest BCUT2D eigenvalue weighted by Gasteiger charge is -2.16. The minimum Gasteiger partial charge on any atom is -0.495 e. The zero-order chi connectivity index (χ0) is 15.8. The van der Waals surface area contributed by atoms with Crippen molar-refractivity contribution in [3.05, 3.63) is 46.4 Å². The number of sulfonamides is 1. The van der Waals surface area contributed by atoms with Crippen LogP contribution in [0.15, 0.2) is 40.6 Å². The molecule has 1 heterocycles. The molecule has 0 unspecified atom stereocenters. The number of benzene rings is 1. The summed E-state index contributed by atoms with van der Waals surface area (Å²) in [5.41, 5.74) is -0.109. The van der Waals surface area contributed by atoms with Crippen LogP contribution in [0.4, 0.5) is 4.39 Å². The normalized spacial score (nSPS) is 16.5. The van der Waals surface area contributed by atoms with Gasteiger partial charge in [0.25, 0.3) is 0 Å². The third-order valence-corrected chi connectivity index (χ3v) is 6.45. The largest absolute Gasteiger partial charge is 0.495 e. The second kappa shape index (κ2) is 5.64. The second-order valence-electron chi connectivity index (χ2n) is 5.38. The summed E-state index contributed by atoms with van der Waals surface area (Å²) in [4.78, 5) is 1.01. The molecule has 118 valence electrons. The van der Waals surface area contributed by atoms with Crippen molar-refractivity contribution in [2.45, 2.75) is 23.2 Å². The van der Waals surface area contributed by atoms with Crippen LogP contribution in [0, 0.1) is 5.82 Å². The molecule has 1 fully saturated rings. The number of rotatable bonds is 6. The number of halogens is 1. The highest BCUT2D eigenvalue weighted by atomic mass is 32.2. The summed E-state index contributed by atoms with van der Waals surface area (Å²) in [6.07, 6.45) is 1.91. The maximum Gasteiger partial charge on any atom is 0.244 e. The fraction of sp³-hybridized carbons (Fsp3) is 0.333. The second-order valence-corrected chi connectivity index (χ2v) is 8.06. The molecule has 1 aromatic heterocycles. The first kappa shape index (κ1) is 15.5. The minimum atomic E-state index is -3.82. The van der Waals surface area contributed by atoms with E-state index < -0.39 is 15.8 Å². The molecule has 3 rings (SSSR count). The van der Waals surface area contributed by atoms with E-state index in [0.717, 1.165) is 18.9 Å². The van der Waals surface area contributed by atoms with Gasteiger partial charge in [0, 0.05) is 16.8 Å². The summed E-state index contributed by atoms with van der Waals surface area (Å²) in [5.74, 6) is -0.476. The van der Waals surface area contributed by atoms with E-state index in [1.165, 1.54) is 24.1 Å². The van der Waals surface area contributed by atoms with Gasteiger partial charge in [0.1, 0.15) is 16.5 Å². The first-order valence-electron chi connectivity index (χ1n) is 6.84. The van der Waals surface area contributed by atoms with Crippen LogP contribution in [0.1, 0.15) is 17.7 Å². The van der Waals surface area contributed by atoms with Crippen LogP contribution >= 0.6 is 11.3 Å². The third kappa shape index (κ3) is 2.88. The van der Waals surface area contributed by atoms with Gasteiger partial charge in [-0.3, -0.25) is 0 Å². The molecule has 1 aromatic carbocycles. The number of methoxy groups -OCH3 is 1. The Morgan fingerprint density at radius 1 is 1.36 bits per heavy atom. The van der Waals surface area contributed by atoms with E-state index in [9.17, 15) is 12.8 Å². The molecule has 1 aliphatic rings. The van der Waals surface area contributed by atoms with Crippen LogP contribution in [-0.2, 0) is 15.4 Å². The van der Waals surface area contributed by atoms with Crippen LogP contribution in [-0.4, -0.2) is 22.1 Å². The van der Waals surface area contributed by atoms with Crippen LogP contribution in [0.2, 0.25) is 0 Å². The highest BCUT2D eigenvalue weighted by molar-refractivity contribution is 7.89. The van der Waals surface area contributed by atoms with Gasteiger partial charge < -0.3 is 4.74 Å². The number of thiophene rings is 1. The van der Waals surface area contributed by atoms with Crippen molar-refractivity contribution in [3.63, 3.8) is 0 Å². The molecule has 0 aliphatic heterocycles. The average Bonchev–Trinajstić information content (AvgIpc) is 3.09. The highest BCUT2D eigenvalue weighted by Gasteiger charge is 2.45. The van der Waals surface area contributed by atoms with Gasteiger partial charge in [-0.05, 0) is 42.5 Å². The Morgan fingerprint density at radius 2 is 2.14 bits per heavy atom. The molecule has 22 heavy (non-hydrogen) atoms. The number of ether oxygens (including phenoxy) is 1. The molecule has 1 N–H and O–H groups in total. The molecular formula is C15H16FNO3S2. The van der Waals surface area contributed by atoms with Gasteiger partial charge in [-0.25, -0.2) is 17.5 Å². The van der Waals surface area contributed by atoms with E-state index in [-0.39, 0.29) is 16.1 Å². The third-order valence-electron chi connectivity index (χ3n) is 3.91. The van der Waals surface area contributed by atoms with E-state index in [4.69, 9.17) is 4.74 Å². The zero-order valence-electron chi connectivity index (χ0n) is 12.0. The molecule has 0 spiro atoms. The van der Waals surface area contributed by atoms with E-state index in [0.29, 0.717) is 6.54 Å². The Hall–Kier alpha value is -1.44. The van der Waals surface area contributed by atoms with Gasteiger partial charge in [0.15, 0.2) is 0 Å². The Balaban J connectivity index is 1.82. The van der Waals surface area contributed by atoms with Crippen LogP contribution < -0.4 is 9.46 Å². The summed E-state index contributed by atoms with van der Waals surface area (Å²) < 4.78 is 45.9. The maximum absolute atomic E-state index is 13.4. The fourth-order valence-electron chi connectivity index (χ4n) is 2.41. The quantitative estimate of drug-likeness (QED) is 0.879. The summed E-state index contributed by atoms with van der Waals surface area (Å²) in [7, 11) is -2.46.